The molecule has 0 heterocycles. The van der Waals surface area contributed by atoms with Crippen molar-refractivity contribution >= 4 is 5.78 Å². The van der Waals surface area contributed by atoms with Gasteiger partial charge in [0.2, 0.25) is 0 Å². The van der Waals surface area contributed by atoms with Crippen molar-refractivity contribution < 1.29 is 19.0 Å². The van der Waals surface area contributed by atoms with Gasteiger partial charge in [0.15, 0.2) is 0 Å². The zero-order valence-electron chi connectivity index (χ0n) is 12.8. The Morgan fingerprint density at radius 2 is 1.80 bits per heavy atom. The van der Waals surface area contributed by atoms with Gasteiger partial charge in [-0.05, 0) is 44.4 Å². The highest BCUT2D eigenvalue weighted by molar-refractivity contribution is 5.78. The van der Waals surface area contributed by atoms with E-state index in [9.17, 15) is 4.79 Å². The van der Waals surface area contributed by atoms with E-state index in [1.54, 1.807) is 14.0 Å². The molecule has 20 heavy (non-hydrogen) atoms. The fraction of sp³-hybridized carbons (Fsp3) is 0.938. The van der Waals surface area contributed by atoms with Gasteiger partial charge in [-0.3, -0.25) is 4.79 Å². The van der Waals surface area contributed by atoms with E-state index in [0.29, 0.717) is 37.6 Å². The average Bonchev–Trinajstić information content (AvgIpc) is 2.46. The molecular weight excluding hydrogens is 256 g/mol. The normalized spacial score (nSPS) is 33.7. The highest BCUT2D eigenvalue weighted by Crippen LogP contribution is 2.45. The Morgan fingerprint density at radius 3 is 2.55 bits per heavy atom. The molecule has 0 aromatic rings. The lowest BCUT2D eigenvalue weighted by Crippen LogP contribution is -2.42. The van der Waals surface area contributed by atoms with Crippen LogP contribution in [0.15, 0.2) is 0 Å². The molecule has 0 N–H and O–H groups in total. The predicted molar refractivity (Wildman–Crippen MR) is 76.4 cm³/mol. The molecule has 2 aliphatic rings. The summed E-state index contributed by atoms with van der Waals surface area (Å²) in [6, 6.07) is 0. The number of fused-ring (bicyclic) bond motifs is 1. The molecule has 0 spiro atoms. The van der Waals surface area contributed by atoms with Crippen LogP contribution in [0.4, 0.5) is 0 Å². The third kappa shape index (κ3) is 4.03. The number of methoxy groups -OCH3 is 1. The Hall–Kier alpha value is -0.450. The predicted octanol–water partition coefficient (Wildman–Crippen LogP) is 2.80. The van der Waals surface area contributed by atoms with Crippen LogP contribution in [0.1, 0.15) is 45.4 Å². The van der Waals surface area contributed by atoms with Crippen molar-refractivity contribution in [2.45, 2.75) is 51.6 Å². The Labute approximate surface area is 122 Å². The smallest absolute Gasteiger partial charge is 0.147 e. The summed E-state index contributed by atoms with van der Waals surface area (Å²) in [5.74, 6) is 1.74. The summed E-state index contributed by atoms with van der Waals surface area (Å²) in [6.07, 6.45) is 7.20. The van der Waals surface area contributed by atoms with Gasteiger partial charge in [0.05, 0.1) is 19.3 Å². The molecule has 0 amide bonds. The highest BCUT2D eigenvalue weighted by Gasteiger charge is 2.42. The van der Waals surface area contributed by atoms with Crippen molar-refractivity contribution in [3.8, 4) is 0 Å². The van der Waals surface area contributed by atoms with Crippen molar-refractivity contribution in [1.29, 1.82) is 0 Å². The van der Waals surface area contributed by atoms with E-state index in [2.05, 4.69) is 0 Å². The molecule has 2 saturated carbocycles. The van der Waals surface area contributed by atoms with Crippen LogP contribution in [-0.4, -0.2) is 39.0 Å². The SMILES string of the molecule is COCCOCO[C@H]1CCC[C@H]2C1CCC[C@@H]2C(C)=O. The highest BCUT2D eigenvalue weighted by atomic mass is 16.7. The molecule has 2 rings (SSSR count). The molecule has 4 atom stereocenters. The van der Waals surface area contributed by atoms with Crippen LogP contribution >= 0.6 is 0 Å². The van der Waals surface area contributed by atoms with Crippen LogP contribution in [0.5, 0.6) is 0 Å². The van der Waals surface area contributed by atoms with Crippen molar-refractivity contribution in [1.82, 2.24) is 0 Å². The number of ketones is 1. The minimum atomic E-state index is 0.273. The average molecular weight is 284 g/mol. The van der Waals surface area contributed by atoms with E-state index in [1.807, 2.05) is 0 Å². The van der Waals surface area contributed by atoms with E-state index >= 15 is 0 Å². The number of rotatable bonds is 7. The van der Waals surface area contributed by atoms with Gasteiger partial charge in [-0.25, -0.2) is 0 Å². The summed E-state index contributed by atoms with van der Waals surface area (Å²) in [5.41, 5.74) is 0. The summed E-state index contributed by atoms with van der Waals surface area (Å²) in [4.78, 5) is 11.8. The second kappa shape index (κ2) is 8.11. The number of hydrogen-bond donors (Lipinski definition) is 0. The van der Waals surface area contributed by atoms with Gasteiger partial charge in [0, 0.05) is 13.0 Å². The molecule has 0 saturated heterocycles. The molecule has 0 aromatic carbocycles. The number of Topliss-reactive ketones (excluding diaryl/α,β-unsaturated/α-hetero) is 1. The topological polar surface area (TPSA) is 44.8 Å². The van der Waals surface area contributed by atoms with Gasteiger partial charge < -0.3 is 14.2 Å². The zero-order chi connectivity index (χ0) is 14.4. The number of ether oxygens (including phenoxy) is 3. The Balaban J connectivity index is 1.82. The lowest BCUT2D eigenvalue weighted by Gasteiger charge is -2.44. The summed E-state index contributed by atoms with van der Waals surface area (Å²) in [5, 5.41) is 0. The summed E-state index contributed by atoms with van der Waals surface area (Å²) >= 11 is 0. The summed E-state index contributed by atoms with van der Waals surface area (Å²) < 4.78 is 16.3. The molecule has 0 bridgehead atoms. The van der Waals surface area contributed by atoms with Crippen molar-refractivity contribution in [2.24, 2.45) is 17.8 Å². The van der Waals surface area contributed by atoms with Crippen LogP contribution in [0.25, 0.3) is 0 Å². The van der Waals surface area contributed by atoms with E-state index in [0.717, 1.165) is 19.3 Å². The maximum atomic E-state index is 11.8. The van der Waals surface area contributed by atoms with Crippen molar-refractivity contribution in [3.63, 3.8) is 0 Å². The molecule has 4 heteroatoms. The molecule has 2 fully saturated rings. The Bertz CT molecular complexity index is 305. The Kier molecular flexibility index (Phi) is 6.46. The standard InChI is InChI=1S/C16H28O4/c1-12(17)13-5-3-7-15-14(13)6-4-8-16(15)20-11-19-10-9-18-2/h13-16H,3-11H2,1-2H3/t13-,14-,15?,16+/m1/s1. The van der Waals surface area contributed by atoms with Gasteiger partial charge in [0.1, 0.15) is 12.6 Å². The summed E-state index contributed by atoms with van der Waals surface area (Å²) in [6.45, 7) is 3.28. The van der Waals surface area contributed by atoms with E-state index in [-0.39, 0.29) is 12.0 Å². The quantitative estimate of drug-likeness (QED) is 0.532. The largest absolute Gasteiger partial charge is 0.382 e. The molecular formula is C16H28O4. The first-order chi connectivity index (χ1) is 9.74. The molecule has 4 nitrogen and oxygen atoms in total. The second-order valence-electron chi connectivity index (χ2n) is 6.13. The number of carbonyl (C=O) groups is 1. The third-order valence-corrected chi connectivity index (χ3v) is 4.94. The molecule has 0 aliphatic heterocycles. The van der Waals surface area contributed by atoms with Crippen molar-refractivity contribution in [2.75, 3.05) is 27.1 Å². The minimum Gasteiger partial charge on any atom is -0.382 e. The number of carbonyl (C=O) groups excluding carboxylic acids is 1. The fourth-order valence-corrected chi connectivity index (χ4v) is 3.99. The first-order valence-electron chi connectivity index (χ1n) is 7.92. The van der Waals surface area contributed by atoms with Crippen LogP contribution in [0.2, 0.25) is 0 Å². The van der Waals surface area contributed by atoms with Gasteiger partial charge in [-0.1, -0.05) is 12.8 Å². The maximum Gasteiger partial charge on any atom is 0.147 e. The van der Waals surface area contributed by atoms with E-state index in [1.165, 1.54) is 19.3 Å². The van der Waals surface area contributed by atoms with E-state index < -0.39 is 0 Å². The second-order valence-corrected chi connectivity index (χ2v) is 6.13. The number of hydrogen-bond acceptors (Lipinski definition) is 4. The van der Waals surface area contributed by atoms with Crippen LogP contribution in [0, 0.1) is 17.8 Å². The van der Waals surface area contributed by atoms with Crippen LogP contribution in [0.3, 0.4) is 0 Å². The lowest BCUT2D eigenvalue weighted by atomic mass is 9.63. The van der Waals surface area contributed by atoms with Gasteiger partial charge in [-0.2, -0.15) is 0 Å². The van der Waals surface area contributed by atoms with E-state index in [4.69, 9.17) is 14.2 Å². The third-order valence-electron chi connectivity index (χ3n) is 4.94. The maximum absolute atomic E-state index is 11.8. The van der Waals surface area contributed by atoms with Gasteiger partial charge in [-0.15, -0.1) is 0 Å². The zero-order valence-corrected chi connectivity index (χ0v) is 12.8. The fourth-order valence-electron chi connectivity index (χ4n) is 3.99. The first kappa shape index (κ1) is 15.9. The summed E-state index contributed by atoms with van der Waals surface area (Å²) in [7, 11) is 1.67. The minimum absolute atomic E-state index is 0.273. The van der Waals surface area contributed by atoms with Gasteiger partial charge in [0.25, 0.3) is 0 Å². The van der Waals surface area contributed by atoms with Gasteiger partial charge >= 0.3 is 0 Å². The van der Waals surface area contributed by atoms with Crippen molar-refractivity contribution in [3.05, 3.63) is 0 Å². The lowest BCUT2D eigenvalue weighted by molar-refractivity contribution is -0.146. The molecule has 0 radical (unpaired) electrons. The molecule has 116 valence electrons. The molecule has 0 aromatic heterocycles. The monoisotopic (exact) mass is 284 g/mol. The molecule has 1 unspecified atom stereocenters. The Morgan fingerprint density at radius 1 is 1.05 bits per heavy atom. The molecule has 2 aliphatic carbocycles. The first-order valence-corrected chi connectivity index (χ1v) is 7.92. The van der Waals surface area contributed by atoms with Crippen LogP contribution in [-0.2, 0) is 19.0 Å². The van der Waals surface area contributed by atoms with Crippen LogP contribution < -0.4 is 0 Å².